The third-order valence-corrected chi connectivity index (χ3v) is 1.91. The van der Waals surface area contributed by atoms with Gasteiger partial charge in [0.05, 0.1) is 0 Å². The molecule has 0 atom stereocenters. The van der Waals surface area contributed by atoms with E-state index in [1.807, 2.05) is 0 Å². The predicted octanol–water partition coefficient (Wildman–Crippen LogP) is -2.00. The zero-order chi connectivity index (χ0) is 7.71. The molecule has 0 fully saturated rings. The molecule has 0 rings (SSSR count). The van der Waals surface area contributed by atoms with Crippen molar-refractivity contribution < 1.29 is 52.5 Å². The van der Waals surface area contributed by atoms with Crippen molar-refractivity contribution in [2.75, 3.05) is 0 Å². The summed E-state index contributed by atoms with van der Waals surface area (Å²) in [4.78, 5) is 31.0. The van der Waals surface area contributed by atoms with Gasteiger partial charge in [0.15, 0.2) is 17.4 Å². The molecule has 0 radical (unpaired) electrons. The average Bonchev–Trinajstić information content (AvgIpc) is 1.14. The first-order chi connectivity index (χ1) is 3.71. The largest absolute Gasteiger partial charge is 0.478 e. The molecular formula is H7AlO7P2Zn. The molecular weight excluding hydrogens is 266 g/mol. The maximum atomic E-state index is 9.63. The van der Waals surface area contributed by atoms with E-state index in [2.05, 4.69) is 4.31 Å². The second-order valence-corrected chi connectivity index (χ2v) is 3.68. The molecule has 0 aromatic rings. The molecule has 11 heteroatoms. The zero-order valence-corrected chi connectivity index (χ0v) is 9.37. The molecule has 0 saturated carbocycles. The molecule has 0 aromatic heterocycles. The van der Waals surface area contributed by atoms with E-state index in [0.29, 0.717) is 0 Å². The summed E-state index contributed by atoms with van der Waals surface area (Å²) in [5.41, 5.74) is 0. The molecule has 0 aromatic carbocycles. The zero-order valence-electron chi connectivity index (χ0n) is 4.62. The van der Waals surface area contributed by atoms with Gasteiger partial charge in [0.25, 0.3) is 0 Å². The fraction of sp³-hybridized carbons (Fsp3) is 0. The Morgan fingerprint density at radius 2 is 1.09 bits per heavy atom. The fourth-order valence-corrected chi connectivity index (χ4v) is 1.25. The summed E-state index contributed by atoms with van der Waals surface area (Å²) in [6.45, 7) is 0. The topological polar surface area (TPSA) is 124 Å². The van der Waals surface area contributed by atoms with Crippen molar-refractivity contribution in [2.24, 2.45) is 0 Å². The summed E-state index contributed by atoms with van der Waals surface area (Å²) in [5, 5.41) is 0. The Balaban J connectivity index is -0.000000320. The van der Waals surface area contributed by atoms with Crippen molar-refractivity contribution in [3.05, 3.63) is 0 Å². The van der Waals surface area contributed by atoms with Crippen molar-refractivity contribution in [1.29, 1.82) is 0 Å². The molecule has 4 N–H and O–H groups in total. The van der Waals surface area contributed by atoms with Crippen LogP contribution < -0.4 is 0 Å². The predicted molar refractivity (Wildman–Crippen MR) is 35.1 cm³/mol. The monoisotopic (exact) mass is 272 g/mol. The van der Waals surface area contributed by atoms with Gasteiger partial charge in [-0.25, -0.2) is 9.13 Å². The van der Waals surface area contributed by atoms with E-state index in [-0.39, 0.29) is 36.8 Å². The van der Waals surface area contributed by atoms with E-state index in [9.17, 15) is 9.13 Å². The van der Waals surface area contributed by atoms with Crippen molar-refractivity contribution in [3.8, 4) is 0 Å². The number of hydrogen-bond donors (Lipinski definition) is 4. The number of hydrogen-bond acceptors (Lipinski definition) is 3. The molecule has 0 aliphatic carbocycles. The van der Waals surface area contributed by atoms with Crippen LogP contribution in [0.4, 0.5) is 0 Å². The Labute approximate surface area is 85.5 Å². The molecule has 0 saturated heterocycles. The summed E-state index contributed by atoms with van der Waals surface area (Å²) in [5.74, 6) is 0. The third kappa shape index (κ3) is 18.4. The minimum absolute atomic E-state index is 0. The normalized spacial score (nSPS) is 11.3. The van der Waals surface area contributed by atoms with Crippen LogP contribution in [0.3, 0.4) is 0 Å². The van der Waals surface area contributed by atoms with Crippen LogP contribution in [0.5, 0.6) is 0 Å². The van der Waals surface area contributed by atoms with Gasteiger partial charge in [0, 0.05) is 19.5 Å². The smallest absolute Gasteiger partial charge is 0.302 e. The van der Waals surface area contributed by atoms with E-state index >= 15 is 0 Å². The molecule has 0 aliphatic heterocycles. The third-order valence-electron chi connectivity index (χ3n) is 0.213. The SMILES string of the molecule is O=P(O)(O)OP(=O)(O)O.[AlH3].[Zn]. The maximum Gasteiger partial charge on any atom is 0.478 e. The summed E-state index contributed by atoms with van der Waals surface area (Å²) in [7, 11) is -10.1. The van der Waals surface area contributed by atoms with Crippen LogP contribution in [0.25, 0.3) is 0 Å². The van der Waals surface area contributed by atoms with E-state index in [0.717, 1.165) is 0 Å². The first-order valence-corrected chi connectivity index (χ1v) is 4.59. The molecule has 0 heterocycles. The van der Waals surface area contributed by atoms with Gasteiger partial charge in [-0.15, -0.1) is 0 Å². The van der Waals surface area contributed by atoms with Crippen LogP contribution in [0, 0.1) is 0 Å². The maximum absolute atomic E-state index is 9.63. The van der Waals surface area contributed by atoms with E-state index in [1.54, 1.807) is 0 Å². The first-order valence-electron chi connectivity index (χ1n) is 1.53. The van der Waals surface area contributed by atoms with Gasteiger partial charge in [-0.05, 0) is 0 Å². The Hall–Kier alpha value is 1.42. The Kier molecular flexibility index (Phi) is 9.89. The molecule has 11 heavy (non-hydrogen) atoms. The average molecular weight is 273 g/mol. The molecule has 0 unspecified atom stereocenters. The Morgan fingerprint density at radius 1 is 0.909 bits per heavy atom. The van der Waals surface area contributed by atoms with Gasteiger partial charge in [0.1, 0.15) is 0 Å². The van der Waals surface area contributed by atoms with E-state index in [1.165, 1.54) is 0 Å². The Bertz CT molecular complexity index is 157. The van der Waals surface area contributed by atoms with Gasteiger partial charge in [-0.2, -0.15) is 4.31 Å². The molecule has 0 amide bonds. The molecule has 64 valence electrons. The quantitative estimate of drug-likeness (QED) is 0.339. The van der Waals surface area contributed by atoms with Crippen LogP contribution in [0.1, 0.15) is 0 Å². The standard InChI is InChI=1S/Al.H4O7P2.Zn.3H/c;1-8(2,3)7-9(4,5)6;;;;/h;(H2,1,2,3)(H2,4,5,6);;;;. The molecule has 0 spiro atoms. The van der Waals surface area contributed by atoms with E-state index in [4.69, 9.17) is 19.6 Å². The van der Waals surface area contributed by atoms with Crippen LogP contribution in [-0.2, 0) is 32.9 Å². The minimum Gasteiger partial charge on any atom is -0.302 e. The summed E-state index contributed by atoms with van der Waals surface area (Å²) in [6, 6.07) is 0. The molecule has 0 bridgehead atoms. The molecule has 7 nitrogen and oxygen atoms in total. The van der Waals surface area contributed by atoms with Crippen LogP contribution in [-0.4, -0.2) is 36.9 Å². The van der Waals surface area contributed by atoms with Gasteiger partial charge >= 0.3 is 15.6 Å². The van der Waals surface area contributed by atoms with Gasteiger partial charge < -0.3 is 19.6 Å². The van der Waals surface area contributed by atoms with Gasteiger partial charge in [0.2, 0.25) is 0 Å². The summed E-state index contributed by atoms with van der Waals surface area (Å²) in [6.07, 6.45) is 0. The van der Waals surface area contributed by atoms with Gasteiger partial charge in [-0.3, -0.25) is 0 Å². The second-order valence-electron chi connectivity index (χ2n) is 1.06. The van der Waals surface area contributed by atoms with Crippen LogP contribution >= 0.6 is 15.6 Å². The summed E-state index contributed by atoms with van der Waals surface area (Å²) < 4.78 is 22.2. The van der Waals surface area contributed by atoms with Crippen LogP contribution in [0.15, 0.2) is 0 Å². The van der Waals surface area contributed by atoms with Gasteiger partial charge in [-0.1, -0.05) is 0 Å². The first kappa shape index (κ1) is 18.3. The minimum atomic E-state index is -5.05. The second kappa shape index (κ2) is 5.96. The van der Waals surface area contributed by atoms with Crippen molar-refractivity contribution in [3.63, 3.8) is 0 Å². The van der Waals surface area contributed by atoms with Crippen molar-refractivity contribution in [2.45, 2.75) is 0 Å². The van der Waals surface area contributed by atoms with Crippen molar-refractivity contribution in [1.82, 2.24) is 0 Å². The molecule has 0 aliphatic rings. The fourth-order valence-electron chi connectivity index (χ4n) is 0.139. The Morgan fingerprint density at radius 3 is 1.09 bits per heavy atom. The van der Waals surface area contributed by atoms with Crippen molar-refractivity contribution >= 4 is 33.0 Å². The number of rotatable bonds is 2. The van der Waals surface area contributed by atoms with Crippen LogP contribution in [0.2, 0.25) is 0 Å². The summed E-state index contributed by atoms with van der Waals surface area (Å²) >= 11 is 0. The van der Waals surface area contributed by atoms with E-state index < -0.39 is 15.6 Å². The number of phosphoric acid groups is 2.